The first-order chi connectivity index (χ1) is 9.60. The molecule has 0 saturated carbocycles. The summed E-state index contributed by atoms with van der Waals surface area (Å²) in [4.78, 5) is 12.0. The summed E-state index contributed by atoms with van der Waals surface area (Å²) in [5.74, 6) is -0.218. The molecule has 0 fully saturated rings. The molecule has 1 amide bonds. The van der Waals surface area contributed by atoms with Crippen LogP contribution >= 0.6 is 0 Å². The maximum atomic E-state index is 12.0. The lowest BCUT2D eigenvalue weighted by Crippen LogP contribution is -2.23. The molecule has 2 aromatic rings. The van der Waals surface area contributed by atoms with Crippen LogP contribution in [0, 0.1) is 18.3 Å². The zero-order chi connectivity index (χ0) is 14.5. The highest BCUT2D eigenvalue weighted by Gasteiger charge is 2.09. The average Bonchev–Trinajstić information content (AvgIpc) is 2.45. The highest BCUT2D eigenvalue weighted by atomic mass is 16.1. The molecule has 0 aliphatic rings. The summed E-state index contributed by atoms with van der Waals surface area (Å²) < 4.78 is 0. The number of nitriles is 1. The van der Waals surface area contributed by atoms with E-state index in [1.54, 1.807) is 30.3 Å². The first kappa shape index (κ1) is 13.6. The highest BCUT2D eigenvalue weighted by Crippen LogP contribution is 2.14. The van der Waals surface area contributed by atoms with Crippen molar-refractivity contribution >= 4 is 11.6 Å². The predicted molar refractivity (Wildman–Crippen MR) is 77.9 cm³/mol. The van der Waals surface area contributed by atoms with Gasteiger partial charge in [0.2, 0.25) is 0 Å². The molecule has 4 nitrogen and oxygen atoms in total. The molecule has 0 aromatic heterocycles. The number of nitrogens with one attached hydrogen (secondary N) is 1. The molecule has 4 heteroatoms. The van der Waals surface area contributed by atoms with Gasteiger partial charge < -0.3 is 11.1 Å². The van der Waals surface area contributed by atoms with E-state index in [0.29, 0.717) is 23.4 Å². The number of nitrogens with two attached hydrogens (primary N) is 1. The van der Waals surface area contributed by atoms with Crippen molar-refractivity contribution in [1.29, 1.82) is 5.26 Å². The number of carbonyl (C=O) groups excluding carboxylic acids is 1. The third-order valence-electron chi connectivity index (χ3n) is 2.96. The van der Waals surface area contributed by atoms with Crippen molar-refractivity contribution in [2.24, 2.45) is 0 Å². The van der Waals surface area contributed by atoms with Crippen molar-refractivity contribution in [3.8, 4) is 6.07 Å². The molecule has 2 aromatic carbocycles. The van der Waals surface area contributed by atoms with Crippen LogP contribution in [0.1, 0.15) is 27.0 Å². The van der Waals surface area contributed by atoms with E-state index in [-0.39, 0.29) is 5.91 Å². The van der Waals surface area contributed by atoms with Crippen LogP contribution in [0.25, 0.3) is 0 Å². The number of rotatable bonds is 3. The molecule has 0 atom stereocenters. The fourth-order valence-corrected chi connectivity index (χ4v) is 1.92. The van der Waals surface area contributed by atoms with Crippen molar-refractivity contribution < 1.29 is 4.79 Å². The quantitative estimate of drug-likeness (QED) is 0.836. The van der Waals surface area contributed by atoms with Crippen LogP contribution in [0.2, 0.25) is 0 Å². The van der Waals surface area contributed by atoms with Crippen LogP contribution in [-0.2, 0) is 6.54 Å². The summed E-state index contributed by atoms with van der Waals surface area (Å²) in [6.45, 7) is 2.28. The van der Waals surface area contributed by atoms with Crippen molar-refractivity contribution in [3.05, 3.63) is 64.7 Å². The second-order valence-corrected chi connectivity index (χ2v) is 4.59. The number of aryl methyl sites for hydroxylation is 1. The summed E-state index contributed by atoms with van der Waals surface area (Å²) >= 11 is 0. The first-order valence-electron chi connectivity index (χ1n) is 6.23. The Kier molecular flexibility index (Phi) is 4.02. The molecule has 20 heavy (non-hydrogen) atoms. The van der Waals surface area contributed by atoms with Crippen LogP contribution in [0.3, 0.4) is 0 Å². The average molecular weight is 265 g/mol. The van der Waals surface area contributed by atoms with Gasteiger partial charge in [0.15, 0.2) is 0 Å². The number of hydrogen-bond donors (Lipinski definition) is 2. The van der Waals surface area contributed by atoms with Crippen LogP contribution in [0.5, 0.6) is 0 Å². The molecule has 0 unspecified atom stereocenters. The van der Waals surface area contributed by atoms with Gasteiger partial charge in [-0.2, -0.15) is 5.26 Å². The number of nitrogen functional groups attached to an aromatic ring is 1. The molecule has 0 spiro atoms. The van der Waals surface area contributed by atoms with Gasteiger partial charge in [0.25, 0.3) is 5.91 Å². The Labute approximate surface area is 117 Å². The van der Waals surface area contributed by atoms with Crippen molar-refractivity contribution in [1.82, 2.24) is 5.32 Å². The normalized spacial score (nSPS) is 9.80. The zero-order valence-corrected chi connectivity index (χ0v) is 11.2. The van der Waals surface area contributed by atoms with Crippen LogP contribution in [0.4, 0.5) is 5.69 Å². The van der Waals surface area contributed by atoms with E-state index < -0.39 is 0 Å². The monoisotopic (exact) mass is 265 g/mol. The predicted octanol–water partition coefficient (Wildman–Crippen LogP) is 2.38. The van der Waals surface area contributed by atoms with Crippen LogP contribution < -0.4 is 11.1 Å². The van der Waals surface area contributed by atoms with E-state index in [4.69, 9.17) is 11.0 Å². The van der Waals surface area contributed by atoms with E-state index in [0.717, 1.165) is 11.1 Å². The molecule has 0 bridgehead atoms. The molecule has 0 heterocycles. The third kappa shape index (κ3) is 3.15. The Balaban J connectivity index is 2.07. The SMILES string of the molecule is Cc1ccc(C(=O)NCc2cccc(C#N)c2)c(N)c1. The molecule has 3 N–H and O–H groups in total. The maximum absolute atomic E-state index is 12.0. The third-order valence-corrected chi connectivity index (χ3v) is 2.96. The molecular formula is C16H15N3O. The van der Waals surface area contributed by atoms with E-state index in [2.05, 4.69) is 11.4 Å². The van der Waals surface area contributed by atoms with Gasteiger partial charge in [-0.3, -0.25) is 4.79 Å². The maximum Gasteiger partial charge on any atom is 0.253 e. The topological polar surface area (TPSA) is 78.9 Å². The molecule has 0 saturated heterocycles. The summed E-state index contributed by atoms with van der Waals surface area (Å²) in [5, 5.41) is 11.6. The number of amides is 1. The summed E-state index contributed by atoms with van der Waals surface area (Å²) in [6, 6.07) is 14.5. The van der Waals surface area contributed by atoms with Crippen LogP contribution in [0.15, 0.2) is 42.5 Å². The van der Waals surface area contributed by atoms with E-state index in [9.17, 15) is 4.79 Å². The van der Waals surface area contributed by atoms with Gasteiger partial charge in [0, 0.05) is 12.2 Å². The lowest BCUT2D eigenvalue weighted by atomic mass is 10.1. The minimum absolute atomic E-state index is 0.218. The molecule has 0 radical (unpaired) electrons. The van der Waals surface area contributed by atoms with Gasteiger partial charge >= 0.3 is 0 Å². The summed E-state index contributed by atoms with van der Waals surface area (Å²) in [6.07, 6.45) is 0. The number of carbonyl (C=O) groups is 1. The Morgan fingerprint density at radius 3 is 2.80 bits per heavy atom. The fourth-order valence-electron chi connectivity index (χ4n) is 1.92. The van der Waals surface area contributed by atoms with Gasteiger partial charge in [-0.25, -0.2) is 0 Å². The largest absolute Gasteiger partial charge is 0.398 e. The second kappa shape index (κ2) is 5.89. The van der Waals surface area contributed by atoms with Crippen molar-refractivity contribution in [3.63, 3.8) is 0 Å². The smallest absolute Gasteiger partial charge is 0.253 e. The standard InChI is InChI=1S/C16H15N3O/c1-11-5-6-14(15(18)7-11)16(20)19-10-13-4-2-3-12(8-13)9-17/h2-8H,10,18H2,1H3,(H,19,20). The number of hydrogen-bond acceptors (Lipinski definition) is 3. The van der Waals surface area contributed by atoms with Gasteiger partial charge in [-0.15, -0.1) is 0 Å². The number of anilines is 1. The first-order valence-corrected chi connectivity index (χ1v) is 6.23. The van der Waals surface area contributed by atoms with Gasteiger partial charge in [0.05, 0.1) is 17.2 Å². The zero-order valence-electron chi connectivity index (χ0n) is 11.2. The van der Waals surface area contributed by atoms with Crippen LogP contribution in [-0.4, -0.2) is 5.91 Å². The summed E-state index contributed by atoms with van der Waals surface area (Å²) in [5.41, 5.74) is 9.23. The minimum Gasteiger partial charge on any atom is -0.398 e. The Hall–Kier alpha value is -2.80. The van der Waals surface area contributed by atoms with E-state index >= 15 is 0 Å². The van der Waals surface area contributed by atoms with Crippen molar-refractivity contribution in [2.75, 3.05) is 5.73 Å². The fraction of sp³-hybridized carbons (Fsp3) is 0.125. The van der Waals surface area contributed by atoms with E-state index in [1.807, 2.05) is 19.1 Å². The van der Waals surface area contributed by atoms with Gasteiger partial charge in [-0.1, -0.05) is 18.2 Å². The number of benzene rings is 2. The lowest BCUT2D eigenvalue weighted by Gasteiger charge is -2.08. The minimum atomic E-state index is -0.218. The molecule has 0 aliphatic heterocycles. The Morgan fingerprint density at radius 2 is 2.10 bits per heavy atom. The molecule has 100 valence electrons. The lowest BCUT2D eigenvalue weighted by molar-refractivity contribution is 0.0952. The highest BCUT2D eigenvalue weighted by molar-refractivity contribution is 5.99. The van der Waals surface area contributed by atoms with E-state index in [1.165, 1.54) is 0 Å². The Bertz CT molecular complexity index is 686. The number of nitrogens with zero attached hydrogens (tertiary/aromatic N) is 1. The molecule has 2 rings (SSSR count). The Morgan fingerprint density at radius 1 is 1.30 bits per heavy atom. The van der Waals surface area contributed by atoms with Gasteiger partial charge in [-0.05, 0) is 42.3 Å². The van der Waals surface area contributed by atoms with Gasteiger partial charge in [0.1, 0.15) is 0 Å². The second-order valence-electron chi connectivity index (χ2n) is 4.59. The molecule has 0 aliphatic carbocycles. The van der Waals surface area contributed by atoms with Crippen molar-refractivity contribution in [2.45, 2.75) is 13.5 Å². The molecular weight excluding hydrogens is 250 g/mol. The summed E-state index contributed by atoms with van der Waals surface area (Å²) in [7, 11) is 0.